The van der Waals surface area contributed by atoms with Crippen LogP contribution in [0.15, 0.2) is 28.7 Å². The molecule has 1 rings (SSSR count). The van der Waals surface area contributed by atoms with E-state index in [1.165, 1.54) is 5.56 Å². The molecule has 82 valence electrons. The maximum Gasteiger partial charge on any atom is 0.217 e. The molecular weight excluding hydrogens is 254 g/mol. The highest BCUT2D eigenvalue weighted by molar-refractivity contribution is 9.10. The van der Waals surface area contributed by atoms with Gasteiger partial charge in [-0.3, -0.25) is 4.79 Å². The van der Waals surface area contributed by atoms with Crippen LogP contribution in [0, 0.1) is 0 Å². The molecule has 0 saturated carbocycles. The Balaban J connectivity index is 2.36. The summed E-state index contributed by atoms with van der Waals surface area (Å²) in [5, 5.41) is 2.88. The summed E-state index contributed by atoms with van der Waals surface area (Å²) < 4.78 is 1.10. The summed E-state index contributed by atoms with van der Waals surface area (Å²) in [4.78, 5) is 10.8. The summed E-state index contributed by atoms with van der Waals surface area (Å²) in [5.74, 6) is 0.0401. The van der Waals surface area contributed by atoms with E-state index < -0.39 is 0 Å². The minimum absolute atomic E-state index is 0.0401. The quantitative estimate of drug-likeness (QED) is 0.895. The Kier molecular flexibility index (Phi) is 4.82. The summed E-state index contributed by atoms with van der Waals surface area (Å²) in [6.45, 7) is 3.58. The summed E-state index contributed by atoms with van der Waals surface area (Å²) in [7, 11) is 0. The van der Waals surface area contributed by atoms with Crippen molar-refractivity contribution in [1.29, 1.82) is 0 Å². The van der Waals surface area contributed by atoms with E-state index in [-0.39, 0.29) is 11.9 Å². The van der Waals surface area contributed by atoms with Gasteiger partial charge in [0, 0.05) is 17.4 Å². The van der Waals surface area contributed by atoms with Crippen molar-refractivity contribution in [1.82, 2.24) is 5.32 Å². The number of aryl methyl sites for hydroxylation is 1. The van der Waals surface area contributed by atoms with E-state index in [2.05, 4.69) is 33.4 Å². The number of benzene rings is 1. The van der Waals surface area contributed by atoms with Crippen LogP contribution in [0.2, 0.25) is 0 Å². The molecule has 1 aromatic carbocycles. The van der Waals surface area contributed by atoms with Crippen molar-refractivity contribution in [2.45, 2.75) is 32.7 Å². The predicted molar refractivity (Wildman–Crippen MR) is 65.7 cm³/mol. The van der Waals surface area contributed by atoms with Crippen LogP contribution < -0.4 is 5.32 Å². The molecule has 0 aliphatic heterocycles. The number of rotatable bonds is 4. The van der Waals surface area contributed by atoms with E-state index in [1.54, 1.807) is 6.92 Å². The van der Waals surface area contributed by atoms with E-state index in [0.29, 0.717) is 0 Å². The second kappa shape index (κ2) is 5.91. The van der Waals surface area contributed by atoms with E-state index in [9.17, 15) is 4.79 Å². The van der Waals surface area contributed by atoms with Gasteiger partial charge in [-0.2, -0.15) is 0 Å². The van der Waals surface area contributed by atoms with Gasteiger partial charge in [0.05, 0.1) is 0 Å². The molecule has 1 N–H and O–H groups in total. The molecule has 0 spiro atoms. The topological polar surface area (TPSA) is 29.1 Å². The Morgan fingerprint density at radius 1 is 1.40 bits per heavy atom. The number of halogens is 1. The monoisotopic (exact) mass is 269 g/mol. The maximum absolute atomic E-state index is 10.8. The zero-order valence-corrected chi connectivity index (χ0v) is 10.7. The Morgan fingerprint density at radius 3 is 2.53 bits per heavy atom. The van der Waals surface area contributed by atoms with E-state index in [1.807, 2.05) is 19.1 Å². The standard InChI is InChI=1S/C12H16BrNO/c1-9(14-10(2)15)3-4-11-5-7-12(13)8-6-11/h5-9H,3-4H2,1-2H3,(H,14,15)/t9-/m1/s1. The molecule has 1 atom stereocenters. The second-order valence-electron chi connectivity index (χ2n) is 3.77. The summed E-state index contributed by atoms with van der Waals surface area (Å²) >= 11 is 3.40. The minimum Gasteiger partial charge on any atom is -0.354 e. The van der Waals surface area contributed by atoms with Gasteiger partial charge in [0.25, 0.3) is 0 Å². The third kappa shape index (κ3) is 4.98. The van der Waals surface area contributed by atoms with Crippen molar-refractivity contribution >= 4 is 21.8 Å². The van der Waals surface area contributed by atoms with Crippen molar-refractivity contribution in [3.05, 3.63) is 34.3 Å². The number of amides is 1. The van der Waals surface area contributed by atoms with Crippen LogP contribution in [0.3, 0.4) is 0 Å². The SMILES string of the molecule is CC(=O)N[C@H](C)CCc1ccc(Br)cc1. The molecule has 1 amide bonds. The molecule has 3 heteroatoms. The largest absolute Gasteiger partial charge is 0.354 e. The highest BCUT2D eigenvalue weighted by Gasteiger charge is 2.03. The van der Waals surface area contributed by atoms with Crippen LogP contribution in [0.25, 0.3) is 0 Å². The molecule has 15 heavy (non-hydrogen) atoms. The van der Waals surface area contributed by atoms with Crippen molar-refractivity contribution in [2.75, 3.05) is 0 Å². The Morgan fingerprint density at radius 2 is 2.00 bits per heavy atom. The number of carbonyl (C=O) groups excluding carboxylic acids is 1. The van der Waals surface area contributed by atoms with Crippen molar-refractivity contribution in [2.24, 2.45) is 0 Å². The summed E-state index contributed by atoms with van der Waals surface area (Å²) in [6, 6.07) is 8.53. The first-order valence-corrected chi connectivity index (χ1v) is 5.89. The average molecular weight is 270 g/mol. The summed E-state index contributed by atoms with van der Waals surface area (Å²) in [5.41, 5.74) is 1.30. The Labute approximate surface area is 99.2 Å². The fourth-order valence-electron chi connectivity index (χ4n) is 1.45. The number of carbonyl (C=O) groups is 1. The zero-order valence-electron chi connectivity index (χ0n) is 9.09. The van der Waals surface area contributed by atoms with Gasteiger partial charge in [-0.25, -0.2) is 0 Å². The van der Waals surface area contributed by atoms with Crippen LogP contribution in [-0.2, 0) is 11.2 Å². The second-order valence-corrected chi connectivity index (χ2v) is 4.68. The normalized spacial score (nSPS) is 12.2. The average Bonchev–Trinajstić information content (AvgIpc) is 2.16. The van der Waals surface area contributed by atoms with Crippen LogP contribution >= 0.6 is 15.9 Å². The van der Waals surface area contributed by atoms with Gasteiger partial charge >= 0.3 is 0 Å². The lowest BCUT2D eigenvalue weighted by Gasteiger charge is -2.11. The molecule has 2 nitrogen and oxygen atoms in total. The lowest BCUT2D eigenvalue weighted by molar-refractivity contribution is -0.119. The highest BCUT2D eigenvalue weighted by atomic mass is 79.9. The fourth-order valence-corrected chi connectivity index (χ4v) is 1.72. The molecule has 0 heterocycles. The molecule has 0 radical (unpaired) electrons. The molecule has 0 fully saturated rings. The molecule has 0 aromatic heterocycles. The van der Waals surface area contributed by atoms with Gasteiger partial charge in [-0.15, -0.1) is 0 Å². The first-order chi connectivity index (χ1) is 7.08. The van der Waals surface area contributed by atoms with Crippen molar-refractivity contribution in [3.8, 4) is 0 Å². The minimum atomic E-state index is 0.0401. The Hall–Kier alpha value is -0.830. The number of hydrogen-bond donors (Lipinski definition) is 1. The molecular formula is C12H16BrNO. The molecule has 0 unspecified atom stereocenters. The van der Waals surface area contributed by atoms with Gasteiger partial charge in [-0.1, -0.05) is 28.1 Å². The van der Waals surface area contributed by atoms with Gasteiger partial charge in [0.15, 0.2) is 0 Å². The lowest BCUT2D eigenvalue weighted by atomic mass is 10.1. The molecule has 0 aliphatic rings. The maximum atomic E-state index is 10.8. The molecule has 0 aliphatic carbocycles. The molecule has 0 bridgehead atoms. The molecule has 0 saturated heterocycles. The van der Waals surface area contributed by atoms with E-state index >= 15 is 0 Å². The van der Waals surface area contributed by atoms with E-state index in [0.717, 1.165) is 17.3 Å². The third-order valence-electron chi connectivity index (χ3n) is 2.23. The first kappa shape index (κ1) is 12.2. The van der Waals surface area contributed by atoms with Gasteiger partial charge < -0.3 is 5.32 Å². The fraction of sp³-hybridized carbons (Fsp3) is 0.417. The van der Waals surface area contributed by atoms with Crippen molar-refractivity contribution < 1.29 is 4.79 Å². The zero-order chi connectivity index (χ0) is 11.3. The number of hydrogen-bond acceptors (Lipinski definition) is 1. The van der Waals surface area contributed by atoms with Crippen LogP contribution in [0.4, 0.5) is 0 Å². The first-order valence-electron chi connectivity index (χ1n) is 5.09. The lowest BCUT2D eigenvalue weighted by Crippen LogP contribution is -2.30. The Bertz CT molecular complexity index is 321. The van der Waals surface area contributed by atoms with Crippen molar-refractivity contribution in [3.63, 3.8) is 0 Å². The van der Waals surface area contributed by atoms with Gasteiger partial charge in [0.2, 0.25) is 5.91 Å². The van der Waals surface area contributed by atoms with Crippen LogP contribution in [0.1, 0.15) is 25.8 Å². The smallest absolute Gasteiger partial charge is 0.217 e. The van der Waals surface area contributed by atoms with Gasteiger partial charge in [0.1, 0.15) is 0 Å². The van der Waals surface area contributed by atoms with Crippen LogP contribution in [-0.4, -0.2) is 11.9 Å². The van der Waals surface area contributed by atoms with Crippen LogP contribution in [0.5, 0.6) is 0 Å². The van der Waals surface area contributed by atoms with Gasteiger partial charge in [-0.05, 0) is 37.5 Å². The van der Waals surface area contributed by atoms with E-state index in [4.69, 9.17) is 0 Å². The molecule has 1 aromatic rings. The third-order valence-corrected chi connectivity index (χ3v) is 2.76. The summed E-state index contributed by atoms with van der Waals surface area (Å²) in [6.07, 6.45) is 1.97. The number of nitrogens with one attached hydrogen (secondary N) is 1. The highest BCUT2D eigenvalue weighted by Crippen LogP contribution is 2.12. The predicted octanol–water partition coefficient (Wildman–Crippen LogP) is 2.91.